The van der Waals surface area contributed by atoms with Crippen LogP contribution in [0.5, 0.6) is 5.75 Å². The van der Waals surface area contributed by atoms with Crippen LogP contribution in [-0.4, -0.2) is 63.9 Å². The Hall–Kier alpha value is -1.07. The number of hydrogen-bond acceptors (Lipinski definition) is 5. The summed E-state index contributed by atoms with van der Waals surface area (Å²) in [5.74, 6) is 1.58. The van der Waals surface area contributed by atoms with Gasteiger partial charge in [0.1, 0.15) is 12.4 Å². The average molecular weight is 551 g/mol. The first-order chi connectivity index (χ1) is 13.8. The molecule has 1 aliphatic rings. The molecule has 1 aromatic carbocycles. The molecule has 1 aromatic heterocycles. The van der Waals surface area contributed by atoms with Crippen molar-refractivity contribution in [2.75, 3.05) is 53.0 Å². The van der Waals surface area contributed by atoms with Gasteiger partial charge < -0.3 is 20.1 Å². The number of hydrogen-bond donors (Lipinski definition) is 2. The van der Waals surface area contributed by atoms with Crippen LogP contribution in [0.1, 0.15) is 10.9 Å². The summed E-state index contributed by atoms with van der Waals surface area (Å²) in [4.78, 5) is 8.15. The molecule has 3 rings (SSSR count). The highest BCUT2D eigenvalue weighted by molar-refractivity contribution is 14.0. The third-order valence-electron chi connectivity index (χ3n) is 4.52. The molecule has 0 aliphatic carbocycles. The normalized spacial score (nSPS) is 16.0. The lowest BCUT2D eigenvalue weighted by molar-refractivity contribution is 0.0177. The van der Waals surface area contributed by atoms with E-state index in [1.54, 1.807) is 18.4 Å². The minimum atomic E-state index is 0. The molecule has 1 unspecified atom stereocenters. The molecule has 0 bridgehead atoms. The second kappa shape index (κ2) is 13.3. The van der Waals surface area contributed by atoms with Crippen LogP contribution in [0.15, 0.2) is 46.8 Å². The largest absolute Gasteiger partial charge is 0.492 e. The Balaban J connectivity index is 0.00000300. The van der Waals surface area contributed by atoms with E-state index in [9.17, 15) is 0 Å². The van der Waals surface area contributed by atoms with Gasteiger partial charge in [0.2, 0.25) is 0 Å². The van der Waals surface area contributed by atoms with E-state index in [0.29, 0.717) is 24.2 Å². The van der Waals surface area contributed by atoms with E-state index in [4.69, 9.17) is 21.1 Å². The Bertz CT molecular complexity index is 725. The Morgan fingerprint density at radius 3 is 2.66 bits per heavy atom. The summed E-state index contributed by atoms with van der Waals surface area (Å²) < 4.78 is 11.2. The summed E-state index contributed by atoms with van der Waals surface area (Å²) in [6.07, 6.45) is 0. The Morgan fingerprint density at radius 2 is 2.00 bits per heavy atom. The molecule has 2 N–H and O–H groups in total. The van der Waals surface area contributed by atoms with E-state index >= 15 is 0 Å². The highest BCUT2D eigenvalue weighted by Gasteiger charge is 2.23. The fraction of sp³-hybridized carbons (Fsp3) is 0.450. The van der Waals surface area contributed by atoms with Crippen molar-refractivity contribution in [3.63, 3.8) is 0 Å². The quantitative estimate of drug-likeness (QED) is 0.228. The molecule has 2 aromatic rings. The number of benzene rings is 1. The van der Waals surface area contributed by atoms with Crippen LogP contribution < -0.4 is 15.4 Å². The highest BCUT2D eigenvalue weighted by Crippen LogP contribution is 2.25. The molecule has 0 saturated carbocycles. The summed E-state index contributed by atoms with van der Waals surface area (Å²) >= 11 is 7.68. The molecule has 0 spiro atoms. The minimum absolute atomic E-state index is 0. The maximum absolute atomic E-state index is 5.89. The molecule has 1 saturated heterocycles. The lowest BCUT2D eigenvalue weighted by Crippen LogP contribution is -2.46. The Kier molecular flexibility index (Phi) is 11.1. The number of guanidine groups is 1. The lowest BCUT2D eigenvalue weighted by atomic mass is 10.2. The predicted molar refractivity (Wildman–Crippen MR) is 131 cm³/mol. The van der Waals surface area contributed by atoms with Crippen molar-refractivity contribution in [3.05, 3.63) is 51.7 Å². The molecule has 2 heterocycles. The third kappa shape index (κ3) is 7.93. The lowest BCUT2D eigenvalue weighted by Gasteiger charge is -2.34. The number of rotatable bonds is 8. The summed E-state index contributed by atoms with van der Waals surface area (Å²) in [6, 6.07) is 12.0. The summed E-state index contributed by atoms with van der Waals surface area (Å²) in [6.45, 7) is 5.46. The number of nitrogens with one attached hydrogen (secondary N) is 2. The van der Waals surface area contributed by atoms with Crippen molar-refractivity contribution < 1.29 is 9.47 Å². The van der Waals surface area contributed by atoms with E-state index in [2.05, 4.69) is 38.0 Å². The van der Waals surface area contributed by atoms with Gasteiger partial charge in [-0.05, 0) is 35.7 Å². The summed E-state index contributed by atoms with van der Waals surface area (Å²) in [7, 11) is 1.78. The molecule has 1 aliphatic heterocycles. The van der Waals surface area contributed by atoms with Gasteiger partial charge in [-0.1, -0.05) is 17.7 Å². The molecule has 1 atom stereocenters. The zero-order valence-corrected chi connectivity index (χ0v) is 20.4. The fourth-order valence-corrected chi connectivity index (χ4v) is 4.05. The Labute approximate surface area is 198 Å². The van der Waals surface area contributed by atoms with E-state index in [1.807, 2.05) is 24.3 Å². The van der Waals surface area contributed by atoms with Crippen molar-refractivity contribution in [3.8, 4) is 5.75 Å². The molecule has 9 heteroatoms. The number of ether oxygens (including phenoxy) is 2. The Morgan fingerprint density at radius 1 is 1.24 bits per heavy atom. The zero-order valence-electron chi connectivity index (χ0n) is 16.5. The van der Waals surface area contributed by atoms with E-state index < -0.39 is 0 Å². The van der Waals surface area contributed by atoms with Gasteiger partial charge in [0.25, 0.3) is 0 Å². The second-order valence-electron chi connectivity index (χ2n) is 6.36. The average Bonchev–Trinajstić information content (AvgIpc) is 3.26. The first kappa shape index (κ1) is 24.2. The van der Waals surface area contributed by atoms with Crippen LogP contribution >= 0.6 is 46.9 Å². The van der Waals surface area contributed by atoms with Crippen molar-refractivity contribution in [2.45, 2.75) is 6.04 Å². The summed E-state index contributed by atoms with van der Waals surface area (Å²) in [5.41, 5.74) is 0. The van der Waals surface area contributed by atoms with Gasteiger partial charge in [-0.15, -0.1) is 35.3 Å². The number of halogens is 2. The van der Waals surface area contributed by atoms with Gasteiger partial charge in [-0.25, -0.2) is 0 Å². The molecule has 1 fully saturated rings. The van der Waals surface area contributed by atoms with Crippen molar-refractivity contribution >= 4 is 52.9 Å². The number of aliphatic imine (C=N–C) groups is 1. The van der Waals surface area contributed by atoms with Crippen LogP contribution in [0.3, 0.4) is 0 Å². The van der Waals surface area contributed by atoms with Gasteiger partial charge in [0.15, 0.2) is 5.96 Å². The SMILES string of the molecule is CN=C(NCCOc1ccc(Cl)cc1)NCC(c1cccs1)N1CCOCC1.I. The highest BCUT2D eigenvalue weighted by atomic mass is 127. The van der Waals surface area contributed by atoms with Gasteiger partial charge in [-0.3, -0.25) is 9.89 Å². The van der Waals surface area contributed by atoms with Crippen molar-refractivity contribution in [2.24, 2.45) is 4.99 Å². The van der Waals surface area contributed by atoms with Crippen molar-refractivity contribution in [1.29, 1.82) is 0 Å². The smallest absolute Gasteiger partial charge is 0.191 e. The molecule has 0 radical (unpaired) electrons. The van der Waals surface area contributed by atoms with Crippen LogP contribution in [0.25, 0.3) is 0 Å². The maximum atomic E-state index is 5.89. The number of thiophene rings is 1. The van der Waals surface area contributed by atoms with Crippen LogP contribution in [-0.2, 0) is 4.74 Å². The molecular weight excluding hydrogens is 523 g/mol. The first-order valence-corrected chi connectivity index (χ1v) is 10.7. The van der Waals surface area contributed by atoms with Gasteiger partial charge >= 0.3 is 0 Å². The standard InChI is InChI=1S/C20H27ClN4O2S.HI/c1-22-20(23-8-11-27-17-6-4-16(21)5-7-17)24-15-18(19-3-2-14-28-19)25-9-12-26-13-10-25;/h2-7,14,18H,8-13,15H2,1H3,(H2,22,23,24);1H. The maximum Gasteiger partial charge on any atom is 0.191 e. The third-order valence-corrected chi connectivity index (χ3v) is 5.75. The molecule has 0 amide bonds. The van der Waals surface area contributed by atoms with Gasteiger partial charge in [0, 0.05) is 36.6 Å². The van der Waals surface area contributed by atoms with E-state index in [0.717, 1.165) is 44.6 Å². The van der Waals surface area contributed by atoms with Crippen LogP contribution in [0.4, 0.5) is 0 Å². The summed E-state index contributed by atoms with van der Waals surface area (Å²) in [5, 5.41) is 9.59. The van der Waals surface area contributed by atoms with Gasteiger partial charge in [0.05, 0.1) is 25.8 Å². The van der Waals surface area contributed by atoms with E-state index in [-0.39, 0.29) is 24.0 Å². The minimum Gasteiger partial charge on any atom is -0.492 e. The van der Waals surface area contributed by atoms with E-state index in [1.165, 1.54) is 4.88 Å². The number of nitrogens with zero attached hydrogens (tertiary/aromatic N) is 2. The molecule has 6 nitrogen and oxygen atoms in total. The van der Waals surface area contributed by atoms with Gasteiger partial charge in [-0.2, -0.15) is 0 Å². The van der Waals surface area contributed by atoms with Crippen LogP contribution in [0.2, 0.25) is 5.02 Å². The zero-order chi connectivity index (χ0) is 19.6. The number of morpholine rings is 1. The van der Waals surface area contributed by atoms with Crippen LogP contribution in [0, 0.1) is 0 Å². The second-order valence-corrected chi connectivity index (χ2v) is 7.78. The molecular formula is C20H28ClIN4O2S. The van der Waals surface area contributed by atoms with Crippen molar-refractivity contribution in [1.82, 2.24) is 15.5 Å². The first-order valence-electron chi connectivity index (χ1n) is 9.44. The monoisotopic (exact) mass is 550 g/mol. The fourth-order valence-electron chi connectivity index (χ4n) is 3.06. The molecule has 29 heavy (non-hydrogen) atoms. The predicted octanol–water partition coefficient (Wildman–Crippen LogP) is 3.64. The molecule has 160 valence electrons. The topological polar surface area (TPSA) is 58.1 Å².